The summed E-state index contributed by atoms with van der Waals surface area (Å²) in [5.41, 5.74) is 0.451. The number of nitrogens with one attached hydrogen (secondary N) is 1. The van der Waals surface area contributed by atoms with Crippen LogP contribution in [-0.2, 0) is 4.79 Å². The van der Waals surface area contributed by atoms with E-state index >= 15 is 0 Å². The second-order valence-corrected chi connectivity index (χ2v) is 8.25. The molecule has 5 heteroatoms. The molecular formula is C19H24ClNO3. The van der Waals surface area contributed by atoms with E-state index in [0.29, 0.717) is 22.2 Å². The number of amides is 1. The highest BCUT2D eigenvalue weighted by Crippen LogP contribution is 2.60. The summed E-state index contributed by atoms with van der Waals surface area (Å²) >= 11 is 6.16. The molecule has 0 radical (unpaired) electrons. The Labute approximate surface area is 147 Å². The Morgan fingerprint density at radius 2 is 1.58 bits per heavy atom. The van der Waals surface area contributed by atoms with Gasteiger partial charge in [-0.15, -0.1) is 0 Å². The lowest BCUT2D eigenvalue weighted by Crippen LogP contribution is -2.51. The van der Waals surface area contributed by atoms with Crippen molar-refractivity contribution in [1.82, 2.24) is 0 Å². The summed E-state index contributed by atoms with van der Waals surface area (Å²) in [5.74, 6) is 3.47. The molecule has 4 aliphatic rings. The van der Waals surface area contributed by atoms with Gasteiger partial charge in [0, 0.05) is 12.1 Å². The number of hydrogen-bond acceptors (Lipinski definition) is 3. The van der Waals surface area contributed by atoms with Crippen molar-refractivity contribution in [2.75, 3.05) is 19.5 Å². The number of benzene rings is 1. The maximum absolute atomic E-state index is 13.2. The molecule has 1 N–H and O–H groups in total. The van der Waals surface area contributed by atoms with Crippen molar-refractivity contribution in [2.45, 2.75) is 38.5 Å². The van der Waals surface area contributed by atoms with Gasteiger partial charge in [-0.25, -0.2) is 0 Å². The predicted molar refractivity (Wildman–Crippen MR) is 93.8 cm³/mol. The number of carbonyl (C=O) groups excluding carboxylic acids is 1. The summed E-state index contributed by atoms with van der Waals surface area (Å²) in [6.45, 7) is 0. The summed E-state index contributed by atoms with van der Waals surface area (Å²) in [6, 6.07) is 3.44. The molecule has 0 aliphatic heterocycles. The van der Waals surface area contributed by atoms with Crippen LogP contribution >= 0.6 is 11.6 Å². The van der Waals surface area contributed by atoms with Crippen LogP contribution in [0.25, 0.3) is 0 Å². The lowest BCUT2D eigenvalue weighted by molar-refractivity contribution is -0.140. The Kier molecular flexibility index (Phi) is 3.91. The van der Waals surface area contributed by atoms with Gasteiger partial charge in [-0.2, -0.15) is 0 Å². The maximum atomic E-state index is 13.2. The molecule has 1 aromatic rings. The summed E-state index contributed by atoms with van der Waals surface area (Å²) in [5, 5.41) is 3.59. The highest BCUT2D eigenvalue weighted by molar-refractivity contribution is 6.32. The van der Waals surface area contributed by atoms with Crippen LogP contribution in [0.3, 0.4) is 0 Å². The van der Waals surface area contributed by atoms with E-state index in [9.17, 15) is 4.79 Å². The lowest BCUT2D eigenvalue weighted by atomic mass is 9.49. The Hall–Kier alpha value is -1.42. The fourth-order valence-electron chi connectivity index (χ4n) is 5.60. The molecule has 1 aromatic carbocycles. The van der Waals surface area contributed by atoms with Crippen LogP contribution < -0.4 is 14.8 Å². The van der Waals surface area contributed by atoms with Crippen molar-refractivity contribution in [3.63, 3.8) is 0 Å². The van der Waals surface area contributed by atoms with E-state index in [1.54, 1.807) is 26.4 Å². The van der Waals surface area contributed by atoms with Crippen molar-refractivity contribution in [1.29, 1.82) is 0 Å². The van der Waals surface area contributed by atoms with Gasteiger partial charge in [0.05, 0.1) is 30.3 Å². The fraction of sp³-hybridized carbons (Fsp3) is 0.632. The van der Waals surface area contributed by atoms with Gasteiger partial charge in [0.1, 0.15) is 11.5 Å². The van der Waals surface area contributed by atoms with Gasteiger partial charge in [-0.3, -0.25) is 4.79 Å². The Balaban J connectivity index is 1.60. The largest absolute Gasteiger partial charge is 0.495 e. The normalized spacial score (nSPS) is 33.4. The summed E-state index contributed by atoms with van der Waals surface area (Å²) in [4.78, 5) is 13.2. The molecule has 0 atom stereocenters. The number of hydrogen-bond donors (Lipinski definition) is 1. The zero-order valence-corrected chi connectivity index (χ0v) is 15.0. The van der Waals surface area contributed by atoms with Crippen molar-refractivity contribution in [3.8, 4) is 11.5 Å². The second-order valence-electron chi connectivity index (χ2n) is 7.84. The van der Waals surface area contributed by atoms with E-state index < -0.39 is 0 Å². The number of anilines is 1. The zero-order chi connectivity index (χ0) is 16.9. The van der Waals surface area contributed by atoms with Crippen molar-refractivity contribution >= 4 is 23.2 Å². The number of rotatable bonds is 4. The van der Waals surface area contributed by atoms with E-state index in [2.05, 4.69) is 5.32 Å². The zero-order valence-electron chi connectivity index (χ0n) is 14.2. The quantitative estimate of drug-likeness (QED) is 0.869. The van der Waals surface area contributed by atoms with E-state index in [-0.39, 0.29) is 11.3 Å². The topological polar surface area (TPSA) is 47.6 Å². The van der Waals surface area contributed by atoms with Gasteiger partial charge in [0.25, 0.3) is 0 Å². The van der Waals surface area contributed by atoms with E-state index in [1.807, 2.05) is 0 Å². The van der Waals surface area contributed by atoms with Crippen molar-refractivity contribution < 1.29 is 14.3 Å². The SMILES string of the molecule is COc1cc(NC(=O)C23CC4CC(CC(C4)C2)C3)c(OC)cc1Cl. The third-order valence-corrected chi connectivity index (χ3v) is 6.54. The van der Waals surface area contributed by atoms with Crippen LogP contribution in [-0.4, -0.2) is 20.1 Å². The van der Waals surface area contributed by atoms with Gasteiger partial charge < -0.3 is 14.8 Å². The van der Waals surface area contributed by atoms with Gasteiger partial charge >= 0.3 is 0 Å². The minimum Gasteiger partial charge on any atom is -0.495 e. The van der Waals surface area contributed by atoms with E-state index in [0.717, 1.165) is 37.0 Å². The molecule has 130 valence electrons. The highest BCUT2D eigenvalue weighted by Gasteiger charge is 2.54. The molecule has 4 nitrogen and oxygen atoms in total. The minimum absolute atomic E-state index is 0.143. The van der Waals surface area contributed by atoms with Crippen LogP contribution in [0.15, 0.2) is 12.1 Å². The maximum Gasteiger partial charge on any atom is 0.230 e. The summed E-state index contributed by atoms with van der Waals surface area (Å²) in [6.07, 6.45) is 7.09. The monoisotopic (exact) mass is 349 g/mol. The minimum atomic E-state index is -0.188. The highest BCUT2D eigenvalue weighted by atomic mass is 35.5. The van der Waals surface area contributed by atoms with Gasteiger partial charge in [-0.1, -0.05) is 11.6 Å². The van der Waals surface area contributed by atoms with Crippen LogP contribution in [0.4, 0.5) is 5.69 Å². The smallest absolute Gasteiger partial charge is 0.230 e. The fourth-order valence-corrected chi connectivity index (χ4v) is 5.83. The number of carbonyl (C=O) groups is 1. The molecule has 4 fully saturated rings. The number of methoxy groups -OCH3 is 2. The molecule has 4 bridgehead atoms. The molecule has 0 unspecified atom stereocenters. The Bertz CT molecular complexity index is 638. The molecule has 24 heavy (non-hydrogen) atoms. The Morgan fingerprint density at radius 3 is 2.08 bits per heavy atom. The van der Waals surface area contributed by atoms with Gasteiger partial charge in [-0.05, 0) is 56.3 Å². The van der Waals surface area contributed by atoms with Gasteiger partial charge in [0.15, 0.2) is 0 Å². The van der Waals surface area contributed by atoms with Crippen LogP contribution in [0.5, 0.6) is 11.5 Å². The first-order valence-electron chi connectivity index (χ1n) is 8.76. The molecule has 4 aliphatic carbocycles. The Morgan fingerprint density at radius 1 is 1.04 bits per heavy atom. The predicted octanol–water partition coefficient (Wildman–Crippen LogP) is 4.51. The molecule has 5 rings (SSSR count). The number of halogens is 1. The summed E-state index contributed by atoms with van der Waals surface area (Å²) in [7, 11) is 3.15. The van der Waals surface area contributed by atoms with Crippen LogP contribution in [0.1, 0.15) is 38.5 Å². The molecule has 0 saturated heterocycles. The van der Waals surface area contributed by atoms with E-state index in [4.69, 9.17) is 21.1 Å². The first kappa shape index (κ1) is 16.1. The molecule has 4 saturated carbocycles. The first-order chi connectivity index (χ1) is 11.5. The molecule has 0 heterocycles. The third kappa shape index (κ3) is 2.55. The standard InChI is InChI=1S/C19H24ClNO3/c1-23-16-7-15(17(24-2)6-14(16)20)21-18(22)19-8-11-3-12(9-19)5-13(4-11)10-19/h6-7,11-13H,3-5,8-10H2,1-2H3,(H,21,22). The van der Waals surface area contributed by atoms with Crippen LogP contribution in [0, 0.1) is 23.2 Å². The lowest BCUT2D eigenvalue weighted by Gasteiger charge is -2.55. The van der Waals surface area contributed by atoms with Crippen LogP contribution in [0.2, 0.25) is 5.02 Å². The average molecular weight is 350 g/mol. The van der Waals surface area contributed by atoms with Gasteiger partial charge in [0.2, 0.25) is 5.91 Å². The number of ether oxygens (including phenoxy) is 2. The molecule has 1 amide bonds. The first-order valence-corrected chi connectivity index (χ1v) is 9.14. The molecule has 0 spiro atoms. The van der Waals surface area contributed by atoms with E-state index in [1.165, 1.54) is 19.3 Å². The van der Waals surface area contributed by atoms with Crippen molar-refractivity contribution in [2.24, 2.45) is 23.2 Å². The molecule has 0 aromatic heterocycles. The molecular weight excluding hydrogens is 326 g/mol. The second kappa shape index (κ2) is 5.83. The average Bonchev–Trinajstić information content (AvgIpc) is 2.54. The van der Waals surface area contributed by atoms with Crippen molar-refractivity contribution in [3.05, 3.63) is 17.2 Å². The summed E-state index contributed by atoms with van der Waals surface area (Å²) < 4.78 is 10.7. The third-order valence-electron chi connectivity index (χ3n) is 6.24.